The summed E-state index contributed by atoms with van der Waals surface area (Å²) in [7, 11) is 0. The van der Waals surface area contributed by atoms with E-state index in [4.69, 9.17) is 11.6 Å². The number of benzene rings is 1. The molecule has 0 unspecified atom stereocenters. The number of carbonyl (C=O) groups excluding carboxylic acids is 1. The summed E-state index contributed by atoms with van der Waals surface area (Å²) in [6.45, 7) is 4.93. The lowest BCUT2D eigenvalue weighted by molar-refractivity contribution is -0.113. The molecule has 26 heavy (non-hydrogen) atoms. The molecule has 5 nitrogen and oxygen atoms in total. The van der Waals surface area contributed by atoms with Gasteiger partial charge in [-0.3, -0.25) is 4.79 Å². The second-order valence-corrected chi connectivity index (χ2v) is 7.87. The van der Waals surface area contributed by atoms with Crippen LogP contribution in [0, 0.1) is 0 Å². The van der Waals surface area contributed by atoms with Crippen molar-refractivity contribution in [3.63, 3.8) is 0 Å². The summed E-state index contributed by atoms with van der Waals surface area (Å²) in [6, 6.07) is 9.33. The van der Waals surface area contributed by atoms with Gasteiger partial charge >= 0.3 is 0 Å². The number of nitrogens with one attached hydrogen (secondary N) is 1. The Morgan fingerprint density at radius 2 is 2.12 bits per heavy atom. The molecule has 2 aromatic heterocycles. The number of para-hydroxylation sites is 1. The molecule has 0 saturated carbocycles. The fraction of sp³-hybridized carbons (Fsp3) is 0.278. The summed E-state index contributed by atoms with van der Waals surface area (Å²) in [4.78, 5) is 13.5. The van der Waals surface area contributed by atoms with Crippen molar-refractivity contribution in [2.75, 3.05) is 11.1 Å². The van der Waals surface area contributed by atoms with E-state index in [1.807, 2.05) is 23.6 Å². The van der Waals surface area contributed by atoms with Gasteiger partial charge in [0.05, 0.1) is 16.5 Å². The highest BCUT2D eigenvalue weighted by Gasteiger charge is 2.16. The van der Waals surface area contributed by atoms with Gasteiger partial charge in [0.25, 0.3) is 0 Å². The molecule has 3 rings (SSSR count). The fourth-order valence-electron chi connectivity index (χ4n) is 2.46. The Bertz CT molecular complexity index is 906. The monoisotopic (exact) mass is 406 g/mol. The number of aromatic nitrogens is 3. The zero-order valence-corrected chi connectivity index (χ0v) is 16.9. The van der Waals surface area contributed by atoms with Gasteiger partial charge < -0.3 is 9.88 Å². The largest absolute Gasteiger partial charge is 0.324 e. The maximum absolute atomic E-state index is 12.2. The number of hydrogen-bond donors (Lipinski definition) is 1. The van der Waals surface area contributed by atoms with Gasteiger partial charge in [0.1, 0.15) is 0 Å². The van der Waals surface area contributed by atoms with Gasteiger partial charge in [0.2, 0.25) is 5.91 Å². The summed E-state index contributed by atoms with van der Waals surface area (Å²) in [6.07, 6.45) is 1.01. The second-order valence-electron chi connectivity index (χ2n) is 5.52. The highest BCUT2D eigenvalue weighted by molar-refractivity contribution is 7.99. The smallest absolute Gasteiger partial charge is 0.234 e. The Balaban J connectivity index is 1.68. The molecule has 0 fully saturated rings. The molecule has 0 bridgehead atoms. The first-order valence-electron chi connectivity index (χ1n) is 8.30. The number of hydrogen-bond acceptors (Lipinski definition) is 5. The van der Waals surface area contributed by atoms with Crippen LogP contribution in [0.1, 0.15) is 18.7 Å². The molecule has 136 valence electrons. The minimum atomic E-state index is -0.126. The summed E-state index contributed by atoms with van der Waals surface area (Å²) >= 11 is 9.17. The number of halogens is 1. The number of thioether (sulfide) groups is 1. The van der Waals surface area contributed by atoms with E-state index < -0.39 is 0 Å². The summed E-state index contributed by atoms with van der Waals surface area (Å²) in [5.41, 5.74) is 1.69. The third kappa shape index (κ3) is 4.28. The summed E-state index contributed by atoms with van der Waals surface area (Å²) in [5.74, 6) is 0.962. The van der Waals surface area contributed by atoms with E-state index in [9.17, 15) is 4.79 Å². The van der Waals surface area contributed by atoms with Crippen LogP contribution in [0.2, 0.25) is 5.02 Å². The van der Waals surface area contributed by atoms with E-state index in [1.54, 1.807) is 23.5 Å². The number of amides is 1. The van der Waals surface area contributed by atoms with Crippen LogP contribution >= 0.6 is 34.7 Å². The fourth-order valence-corrected chi connectivity index (χ4v) is 4.26. The third-order valence-electron chi connectivity index (χ3n) is 3.77. The maximum atomic E-state index is 12.2. The average molecular weight is 407 g/mol. The van der Waals surface area contributed by atoms with Crippen LogP contribution in [0.15, 0.2) is 40.9 Å². The van der Waals surface area contributed by atoms with Crippen LogP contribution in [0.4, 0.5) is 5.69 Å². The topological polar surface area (TPSA) is 59.8 Å². The molecule has 1 aromatic carbocycles. The van der Waals surface area contributed by atoms with Gasteiger partial charge in [-0.2, -0.15) is 0 Å². The highest BCUT2D eigenvalue weighted by Crippen LogP contribution is 2.28. The Hall–Kier alpha value is -1.83. The molecule has 0 atom stereocenters. The molecule has 3 aromatic rings. The summed E-state index contributed by atoms with van der Waals surface area (Å²) < 4.78 is 2.04. The number of thiophene rings is 1. The molecular weight excluding hydrogens is 388 g/mol. The maximum Gasteiger partial charge on any atom is 0.234 e. The Morgan fingerprint density at radius 3 is 2.81 bits per heavy atom. The van der Waals surface area contributed by atoms with Crippen molar-refractivity contribution in [1.29, 1.82) is 0 Å². The molecule has 0 aliphatic heterocycles. The minimum Gasteiger partial charge on any atom is -0.324 e. The number of nitrogens with zero attached hydrogens (tertiary/aromatic N) is 3. The lowest BCUT2D eigenvalue weighted by Gasteiger charge is -2.08. The average Bonchev–Trinajstić information content (AvgIpc) is 3.27. The number of rotatable bonds is 7. The first kappa shape index (κ1) is 18.9. The van der Waals surface area contributed by atoms with Crippen molar-refractivity contribution in [3.8, 4) is 11.4 Å². The predicted molar refractivity (Wildman–Crippen MR) is 109 cm³/mol. The van der Waals surface area contributed by atoms with Crippen molar-refractivity contribution in [1.82, 2.24) is 14.8 Å². The molecule has 0 saturated heterocycles. The van der Waals surface area contributed by atoms with Crippen LogP contribution in [-0.2, 0) is 17.8 Å². The third-order valence-corrected chi connectivity index (χ3v) is 6.15. The van der Waals surface area contributed by atoms with Crippen molar-refractivity contribution in [3.05, 3.63) is 45.6 Å². The van der Waals surface area contributed by atoms with Crippen LogP contribution < -0.4 is 5.32 Å². The van der Waals surface area contributed by atoms with Gasteiger partial charge in [-0.1, -0.05) is 42.4 Å². The zero-order chi connectivity index (χ0) is 18.5. The predicted octanol–water partition coefficient (Wildman–Crippen LogP) is 4.97. The van der Waals surface area contributed by atoms with Crippen LogP contribution in [0.3, 0.4) is 0 Å². The SMILES string of the molecule is CCc1cc(-c2nnc(SCC(=O)Nc3ccccc3Cl)n2CC)cs1. The van der Waals surface area contributed by atoms with Crippen molar-refractivity contribution < 1.29 is 4.79 Å². The molecular formula is C18H19ClN4OS2. The summed E-state index contributed by atoms with van der Waals surface area (Å²) in [5, 5.41) is 14.8. The first-order chi connectivity index (χ1) is 12.6. The molecule has 1 amide bonds. The van der Waals surface area contributed by atoms with E-state index in [0.717, 1.165) is 29.5 Å². The quantitative estimate of drug-likeness (QED) is 0.562. The van der Waals surface area contributed by atoms with Gasteiger partial charge in [-0.25, -0.2) is 0 Å². The van der Waals surface area contributed by atoms with Crippen molar-refractivity contribution >= 4 is 46.3 Å². The van der Waals surface area contributed by atoms with E-state index in [-0.39, 0.29) is 11.7 Å². The lowest BCUT2D eigenvalue weighted by atomic mass is 10.2. The molecule has 0 radical (unpaired) electrons. The van der Waals surface area contributed by atoms with Gasteiger partial charge in [0.15, 0.2) is 11.0 Å². The van der Waals surface area contributed by atoms with E-state index >= 15 is 0 Å². The van der Waals surface area contributed by atoms with E-state index in [2.05, 4.69) is 33.9 Å². The molecule has 0 spiro atoms. The number of aryl methyl sites for hydroxylation is 1. The number of carbonyl (C=O) groups is 1. The standard InChI is InChI=1S/C18H19ClN4OS2/c1-3-13-9-12(10-25-13)17-21-22-18(23(17)4-2)26-11-16(24)20-15-8-6-5-7-14(15)19/h5-10H,3-4,11H2,1-2H3,(H,20,24). The number of anilines is 1. The van der Waals surface area contributed by atoms with Crippen molar-refractivity contribution in [2.24, 2.45) is 0 Å². The zero-order valence-electron chi connectivity index (χ0n) is 14.5. The Labute approximate surface area is 165 Å². The van der Waals surface area contributed by atoms with Gasteiger partial charge in [0, 0.05) is 22.4 Å². The molecule has 8 heteroatoms. The van der Waals surface area contributed by atoms with Crippen LogP contribution in [-0.4, -0.2) is 26.4 Å². The van der Waals surface area contributed by atoms with Crippen LogP contribution in [0.5, 0.6) is 0 Å². The van der Waals surface area contributed by atoms with Crippen LogP contribution in [0.25, 0.3) is 11.4 Å². The van der Waals surface area contributed by atoms with E-state index in [0.29, 0.717) is 10.7 Å². The van der Waals surface area contributed by atoms with Gasteiger partial charge in [-0.05, 0) is 31.5 Å². The normalized spacial score (nSPS) is 10.9. The van der Waals surface area contributed by atoms with E-state index in [1.165, 1.54) is 16.6 Å². The van der Waals surface area contributed by atoms with Crippen molar-refractivity contribution in [2.45, 2.75) is 32.0 Å². The molecule has 0 aliphatic rings. The second kappa shape index (κ2) is 8.70. The first-order valence-corrected chi connectivity index (χ1v) is 10.5. The Morgan fingerprint density at radius 1 is 1.31 bits per heavy atom. The lowest BCUT2D eigenvalue weighted by Crippen LogP contribution is -2.14. The van der Waals surface area contributed by atoms with Gasteiger partial charge in [-0.15, -0.1) is 21.5 Å². The molecule has 1 N–H and O–H groups in total. The minimum absolute atomic E-state index is 0.126. The molecule has 2 heterocycles. The molecule has 0 aliphatic carbocycles. The Kier molecular flexibility index (Phi) is 6.34. The highest BCUT2D eigenvalue weighted by atomic mass is 35.5.